The van der Waals surface area contributed by atoms with E-state index in [1.165, 1.54) is 48.0 Å². The molecule has 34 heavy (non-hydrogen) atoms. The fourth-order valence-electron chi connectivity index (χ4n) is 4.16. The molecule has 0 saturated heterocycles. The van der Waals surface area contributed by atoms with E-state index in [1.807, 2.05) is 0 Å². The van der Waals surface area contributed by atoms with E-state index < -0.39 is 22.6 Å². The number of anilines is 2. The maximum atomic E-state index is 13.6. The minimum atomic E-state index is -0.638. The molecule has 5 rings (SSSR count). The van der Waals surface area contributed by atoms with Crippen LogP contribution in [0.15, 0.2) is 41.2 Å². The Hall–Kier alpha value is -3.86. The van der Waals surface area contributed by atoms with E-state index >= 15 is 0 Å². The number of carbonyl (C=O) groups excluding carboxylic acids is 2. The summed E-state index contributed by atoms with van der Waals surface area (Å²) in [7, 11) is 2.72. The van der Waals surface area contributed by atoms with E-state index in [0.717, 1.165) is 11.3 Å². The topological polar surface area (TPSA) is 96.3 Å². The molecule has 1 unspecified atom stereocenters. The Morgan fingerprint density at radius 2 is 1.94 bits per heavy atom. The van der Waals surface area contributed by atoms with Crippen molar-refractivity contribution in [3.8, 4) is 17.2 Å². The summed E-state index contributed by atoms with van der Waals surface area (Å²) in [5.41, 5.74) is 1.08. The van der Waals surface area contributed by atoms with E-state index in [1.54, 1.807) is 12.1 Å². The van der Waals surface area contributed by atoms with Crippen molar-refractivity contribution in [2.75, 3.05) is 25.9 Å². The molecule has 0 aliphatic carbocycles. The highest BCUT2D eigenvalue weighted by atomic mass is 32.1. The van der Waals surface area contributed by atoms with Gasteiger partial charge in [0.1, 0.15) is 18.2 Å². The highest BCUT2D eigenvalue weighted by Gasteiger charge is 2.39. The van der Waals surface area contributed by atoms with Gasteiger partial charge in [0.05, 0.1) is 24.8 Å². The molecule has 11 heteroatoms. The lowest BCUT2D eigenvalue weighted by Crippen LogP contribution is -2.36. The number of nitrogens with zero attached hydrogens (tertiary/aromatic N) is 2. The van der Waals surface area contributed by atoms with Gasteiger partial charge in [-0.2, -0.15) is 0 Å². The monoisotopic (exact) mass is 486 g/mol. The Balaban J connectivity index is 1.69. The number of amides is 1. The minimum Gasteiger partial charge on any atom is -0.493 e. The third kappa shape index (κ3) is 3.58. The standard InChI is InChI=1S/C23H19FN2O7S/c1-30-16-7-12(8-17-20(16)33-11-32-17)15-9-18(27)26(14-5-3-13(24)4-6-14)22-21(15)34-23(29)25(22)10-19(28)31-2/h3-8,15H,9-11H2,1-2H3. The molecule has 0 fully saturated rings. The van der Waals surface area contributed by atoms with Gasteiger partial charge in [-0.25, -0.2) is 4.39 Å². The van der Waals surface area contributed by atoms with Crippen molar-refractivity contribution in [1.29, 1.82) is 0 Å². The summed E-state index contributed by atoms with van der Waals surface area (Å²) in [6.07, 6.45) is 0.0331. The van der Waals surface area contributed by atoms with E-state index in [2.05, 4.69) is 0 Å². The summed E-state index contributed by atoms with van der Waals surface area (Å²) in [5, 5.41) is 0. The average Bonchev–Trinajstić information content (AvgIpc) is 3.43. The second-order valence-electron chi connectivity index (χ2n) is 7.64. The molecule has 2 aliphatic rings. The van der Waals surface area contributed by atoms with Gasteiger partial charge in [0, 0.05) is 12.3 Å². The van der Waals surface area contributed by atoms with Gasteiger partial charge in [-0.05, 0) is 42.0 Å². The number of fused-ring (bicyclic) bond motifs is 2. The second-order valence-corrected chi connectivity index (χ2v) is 8.63. The summed E-state index contributed by atoms with van der Waals surface area (Å²) >= 11 is 0.941. The zero-order chi connectivity index (χ0) is 24.0. The van der Waals surface area contributed by atoms with Crippen LogP contribution in [0.5, 0.6) is 17.2 Å². The fourth-order valence-corrected chi connectivity index (χ4v) is 5.26. The van der Waals surface area contributed by atoms with Crippen molar-refractivity contribution in [1.82, 2.24) is 4.57 Å². The molecule has 3 heterocycles. The maximum absolute atomic E-state index is 13.6. The van der Waals surface area contributed by atoms with Gasteiger partial charge >= 0.3 is 10.8 Å². The Morgan fingerprint density at radius 1 is 1.18 bits per heavy atom. The maximum Gasteiger partial charge on any atom is 0.325 e. The molecule has 2 aliphatic heterocycles. The van der Waals surface area contributed by atoms with Crippen molar-refractivity contribution < 1.29 is 32.9 Å². The normalized spacial score (nSPS) is 16.4. The number of rotatable bonds is 5. The molecule has 2 aromatic carbocycles. The van der Waals surface area contributed by atoms with Crippen LogP contribution in [0, 0.1) is 5.82 Å². The van der Waals surface area contributed by atoms with Crippen LogP contribution < -0.4 is 24.0 Å². The highest BCUT2D eigenvalue weighted by Crippen LogP contribution is 2.49. The van der Waals surface area contributed by atoms with Crippen LogP contribution in [-0.4, -0.2) is 37.5 Å². The molecule has 1 atom stereocenters. The molecule has 176 valence electrons. The number of carbonyl (C=O) groups is 2. The van der Waals surface area contributed by atoms with E-state index in [-0.39, 0.29) is 31.5 Å². The van der Waals surface area contributed by atoms with Gasteiger partial charge in [-0.1, -0.05) is 11.3 Å². The third-order valence-electron chi connectivity index (χ3n) is 5.73. The first-order chi connectivity index (χ1) is 16.4. The van der Waals surface area contributed by atoms with E-state index in [0.29, 0.717) is 33.4 Å². The molecule has 0 spiro atoms. The van der Waals surface area contributed by atoms with Crippen LogP contribution in [0.1, 0.15) is 22.8 Å². The summed E-state index contributed by atoms with van der Waals surface area (Å²) in [6.45, 7) is -0.325. The van der Waals surface area contributed by atoms with Gasteiger partial charge in [0.25, 0.3) is 0 Å². The van der Waals surface area contributed by atoms with Gasteiger partial charge in [-0.15, -0.1) is 0 Å². The Morgan fingerprint density at radius 3 is 2.65 bits per heavy atom. The number of aromatic nitrogens is 1. The van der Waals surface area contributed by atoms with Crippen LogP contribution >= 0.6 is 11.3 Å². The third-order valence-corrected chi connectivity index (χ3v) is 6.81. The first-order valence-electron chi connectivity index (χ1n) is 10.3. The van der Waals surface area contributed by atoms with E-state index in [9.17, 15) is 18.8 Å². The molecule has 1 aromatic heterocycles. The fraction of sp³-hybridized carbons (Fsp3) is 0.261. The van der Waals surface area contributed by atoms with Crippen LogP contribution in [0.3, 0.4) is 0 Å². The summed E-state index contributed by atoms with van der Waals surface area (Å²) in [5.74, 6) is -0.275. The lowest BCUT2D eigenvalue weighted by atomic mass is 9.90. The van der Waals surface area contributed by atoms with Crippen molar-refractivity contribution >= 4 is 34.7 Å². The second kappa shape index (κ2) is 8.49. The smallest absolute Gasteiger partial charge is 0.325 e. The Bertz CT molecular complexity index is 1350. The molecule has 0 bridgehead atoms. The summed E-state index contributed by atoms with van der Waals surface area (Å²) in [6, 6.07) is 8.86. The number of esters is 1. The van der Waals surface area contributed by atoms with Gasteiger partial charge in [0.2, 0.25) is 18.4 Å². The number of hydrogen-bond acceptors (Lipinski definition) is 8. The zero-order valence-electron chi connectivity index (χ0n) is 18.2. The van der Waals surface area contributed by atoms with Crippen LogP contribution in [0.2, 0.25) is 0 Å². The number of benzene rings is 2. The van der Waals surface area contributed by atoms with Gasteiger partial charge < -0.3 is 18.9 Å². The Kier molecular flexibility index (Phi) is 5.48. The first kappa shape index (κ1) is 22.0. The molecular formula is C23H19FN2O7S. The van der Waals surface area contributed by atoms with Crippen LogP contribution in [0.4, 0.5) is 15.9 Å². The lowest BCUT2D eigenvalue weighted by molar-refractivity contribution is -0.141. The molecule has 0 N–H and O–H groups in total. The van der Waals surface area contributed by atoms with E-state index in [4.69, 9.17) is 18.9 Å². The van der Waals surface area contributed by atoms with Crippen molar-refractivity contribution in [2.24, 2.45) is 0 Å². The van der Waals surface area contributed by atoms with Crippen molar-refractivity contribution in [2.45, 2.75) is 18.9 Å². The number of methoxy groups -OCH3 is 2. The number of ether oxygens (including phenoxy) is 4. The predicted octanol–water partition coefficient (Wildman–Crippen LogP) is 3.16. The number of thiazole rings is 1. The quantitative estimate of drug-likeness (QED) is 0.511. The summed E-state index contributed by atoms with van der Waals surface area (Å²) in [4.78, 5) is 40.0. The SMILES string of the molecule is COC(=O)Cn1c2c(sc1=O)C(c1cc(OC)c3c(c1)OCO3)CC(=O)N2c1ccc(F)cc1. The Labute approximate surface area is 196 Å². The number of hydrogen-bond donors (Lipinski definition) is 0. The lowest BCUT2D eigenvalue weighted by Gasteiger charge is -2.32. The van der Waals surface area contributed by atoms with Gasteiger partial charge in [0.15, 0.2) is 11.5 Å². The van der Waals surface area contributed by atoms with Crippen molar-refractivity contribution in [3.05, 3.63) is 62.3 Å². The largest absolute Gasteiger partial charge is 0.493 e. The highest BCUT2D eigenvalue weighted by molar-refractivity contribution is 7.10. The molecule has 1 amide bonds. The van der Waals surface area contributed by atoms with Crippen molar-refractivity contribution in [3.63, 3.8) is 0 Å². The molecule has 0 radical (unpaired) electrons. The predicted molar refractivity (Wildman–Crippen MR) is 120 cm³/mol. The molecule has 9 nitrogen and oxygen atoms in total. The minimum absolute atomic E-state index is 0.0331. The first-order valence-corrected chi connectivity index (χ1v) is 11.1. The molecule has 3 aromatic rings. The van der Waals surface area contributed by atoms with Gasteiger partial charge in [-0.3, -0.25) is 23.9 Å². The molecular weight excluding hydrogens is 467 g/mol. The number of halogens is 1. The van der Waals surface area contributed by atoms with Crippen LogP contribution in [0.25, 0.3) is 0 Å². The molecule has 0 saturated carbocycles. The zero-order valence-corrected chi connectivity index (χ0v) is 19.0. The van der Waals surface area contributed by atoms with Crippen LogP contribution in [-0.2, 0) is 20.9 Å². The summed E-state index contributed by atoms with van der Waals surface area (Å²) < 4.78 is 36.0. The average molecular weight is 486 g/mol.